The summed E-state index contributed by atoms with van der Waals surface area (Å²) in [5.41, 5.74) is 10.7. The number of fused-ring (bicyclic) bond motifs is 1. The van der Waals surface area contributed by atoms with Gasteiger partial charge in [0.1, 0.15) is 23.3 Å². The standard InChI is InChI=1S/C25H24N8O3/c1-3-20(34)29-16-7-4-14(5-8-16)22-21(23-24(26)27-13-28-33(23)32-22)15-6-11-18(19(12-15)36-2)31-25(35)30-17-9-10-17/h3-8,11-13,17H,1,9-10H2,2H3,(H,29,34)(H2,26,27,28)(H2,30,31,35). The molecule has 5 N–H and O–H groups in total. The molecule has 4 aromatic rings. The molecule has 3 amide bonds. The fourth-order valence-electron chi connectivity index (χ4n) is 3.82. The molecule has 2 aromatic carbocycles. The maximum Gasteiger partial charge on any atom is 0.319 e. The average molecular weight is 485 g/mol. The fraction of sp³-hybridized carbons (Fsp3) is 0.160. The van der Waals surface area contributed by atoms with Crippen molar-refractivity contribution in [2.75, 3.05) is 23.5 Å². The van der Waals surface area contributed by atoms with E-state index in [4.69, 9.17) is 10.5 Å². The number of carbonyl (C=O) groups excluding carboxylic acids is 2. The number of nitrogens with two attached hydrogens (primary N) is 1. The number of anilines is 3. The van der Waals surface area contributed by atoms with E-state index >= 15 is 0 Å². The molecule has 2 heterocycles. The van der Waals surface area contributed by atoms with Crippen molar-refractivity contribution in [3.8, 4) is 28.1 Å². The number of benzene rings is 2. The third-order valence-electron chi connectivity index (χ3n) is 5.73. The van der Waals surface area contributed by atoms with Crippen LogP contribution in [-0.2, 0) is 4.79 Å². The van der Waals surface area contributed by atoms with Crippen LogP contribution in [0.2, 0.25) is 0 Å². The molecule has 0 atom stereocenters. The first-order valence-corrected chi connectivity index (χ1v) is 11.3. The number of urea groups is 1. The van der Waals surface area contributed by atoms with Gasteiger partial charge in [-0.25, -0.2) is 9.78 Å². The predicted molar refractivity (Wildman–Crippen MR) is 137 cm³/mol. The normalized spacial score (nSPS) is 12.7. The van der Waals surface area contributed by atoms with Gasteiger partial charge in [0.2, 0.25) is 5.91 Å². The van der Waals surface area contributed by atoms with Crippen molar-refractivity contribution in [1.29, 1.82) is 0 Å². The lowest BCUT2D eigenvalue weighted by molar-refractivity contribution is -0.111. The largest absolute Gasteiger partial charge is 0.495 e. The van der Waals surface area contributed by atoms with Gasteiger partial charge in [0.25, 0.3) is 0 Å². The molecule has 182 valence electrons. The Balaban J connectivity index is 1.57. The highest BCUT2D eigenvalue weighted by atomic mass is 16.5. The van der Waals surface area contributed by atoms with Gasteiger partial charge in [-0.2, -0.15) is 0 Å². The Hall–Kier alpha value is -4.93. The number of amides is 3. The highest BCUT2D eigenvalue weighted by molar-refractivity contribution is 6.00. The molecule has 0 aliphatic heterocycles. The smallest absolute Gasteiger partial charge is 0.319 e. The zero-order chi connectivity index (χ0) is 25.2. The fourth-order valence-corrected chi connectivity index (χ4v) is 3.82. The highest BCUT2D eigenvalue weighted by Gasteiger charge is 2.24. The molecule has 1 fully saturated rings. The van der Waals surface area contributed by atoms with E-state index in [1.165, 1.54) is 24.1 Å². The number of nitrogen functional groups attached to an aromatic ring is 1. The van der Waals surface area contributed by atoms with E-state index in [1.807, 2.05) is 18.2 Å². The topological polar surface area (TPSA) is 149 Å². The summed E-state index contributed by atoms with van der Waals surface area (Å²) in [6, 6.07) is 12.6. The van der Waals surface area contributed by atoms with Crippen molar-refractivity contribution >= 4 is 34.6 Å². The molecule has 5 rings (SSSR count). The van der Waals surface area contributed by atoms with Crippen molar-refractivity contribution in [2.45, 2.75) is 18.9 Å². The van der Waals surface area contributed by atoms with Crippen molar-refractivity contribution in [3.05, 3.63) is 61.4 Å². The number of hydrogen-bond acceptors (Lipinski definition) is 7. The van der Waals surface area contributed by atoms with E-state index in [0.29, 0.717) is 33.9 Å². The maximum atomic E-state index is 12.3. The van der Waals surface area contributed by atoms with Gasteiger partial charge in [-0.15, -0.1) is 14.8 Å². The second kappa shape index (κ2) is 9.37. The number of ether oxygens (including phenoxy) is 1. The van der Waals surface area contributed by atoms with E-state index in [0.717, 1.165) is 24.0 Å². The van der Waals surface area contributed by atoms with Crippen molar-refractivity contribution in [2.24, 2.45) is 0 Å². The molecule has 0 spiro atoms. The van der Waals surface area contributed by atoms with Gasteiger partial charge in [-0.3, -0.25) is 4.79 Å². The van der Waals surface area contributed by atoms with Crippen LogP contribution in [0.15, 0.2) is 61.4 Å². The Labute approximate surface area is 206 Å². The molecule has 0 bridgehead atoms. The SMILES string of the molecule is C=CC(=O)Nc1ccc(-c2nn3ncnc(N)c3c2-c2ccc(NC(=O)NC3CC3)c(OC)c2)cc1. The first-order chi connectivity index (χ1) is 17.5. The lowest BCUT2D eigenvalue weighted by Gasteiger charge is -2.13. The van der Waals surface area contributed by atoms with Gasteiger partial charge in [-0.1, -0.05) is 24.8 Å². The molecule has 11 heteroatoms. The number of aromatic nitrogens is 4. The minimum atomic E-state index is -0.300. The van der Waals surface area contributed by atoms with Crippen LogP contribution >= 0.6 is 0 Å². The summed E-state index contributed by atoms with van der Waals surface area (Å²) in [4.78, 5) is 28.0. The molecule has 0 unspecified atom stereocenters. The lowest BCUT2D eigenvalue weighted by Crippen LogP contribution is -2.30. The molecule has 0 radical (unpaired) electrons. The number of nitrogens with zero attached hydrogens (tertiary/aromatic N) is 4. The molecule has 1 aliphatic rings. The summed E-state index contributed by atoms with van der Waals surface area (Å²) in [5, 5.41) is 17.3. The number of rotatable bonds is 7. The van der Waals surface area contributed by atoms with E-state index in [9.17, 15) is 9.59 Å². The Kier molecular flexibility index (Phi) is 5.95. The second-order valence-corrected chi connectivity index (χ2v) is 8.27. The van der Waals surface area contributed by atoms with Gasteiger partial charge in [-0.05, 0) is 48.7 Å². The number of hydrogen-bond donors (Lipinski definition) is 4. The lowest BCUT2D eigenvalue weighted by atomic mass is 9.99. The van der Waals surface area contributed by atoms with Crippen LogP contribution in [0.5, 0.6) is 5.75 Å². The minimum Gasteiger partial charge on any atom is -0.495 e. The first-order valence-electron chi connectivity index (χ1n) is 11.3. The number of nitrogens with one attached hydrogen (secondary N) is 3. The summed E-state index contributed by atoms with van der Waals surface area (Å²) in [5.74, 6) is 0.436. The Morgan fingerprint density at radius 2 is 1.89 bits per heavy atom. The van der Waals surface area contributed by atoms with E-state index in [-0.39, 0.29) is 23.8 Å². The summed E-state index contributed by atoms with van der Waals surface area (Å²) >= 11 is 0. The van der Waals surface area contributed by atoms with Crippen molar-refractivity contribution in [1.82, 2.24) is 25.1 Å². The van der Waals surface area contributed by atoms with Crippen molar-refractivity contribution < 1.29 is 14.3 Å². The minimum absolute atomic E-state index is 0.232. The summed E-state index contributed by atoms with van der Waals surface area (Å²) in [6.07, 6.45) is 4.53. The molecule has 2 aromatic heterocycles. The van der Waals surface area contributed by atoms with Crippen LogP contribution in [0.1, 0.15) is 12.8 Å². The van der Waals surface area contributed by atoms with Crippen LogP contribution in [0, 0.1) is 0 Å². The Morgan fingerprint density at radius 3 is 2.58 bits per heavy atom. The number of methoxy groups -OCH3 is 1. The third kappa shape index (κ3) is 4.53. The van der Waals surface area contributed by atoms with Crippen LogP contribution in [-0.4, -0.2) is 44.9 Å². The van der Waals surface area contributed by atoms with Gasteiger partial charge < -0.3 is 26.4 Å². The van der Waals surface area contributed by atoms with Gasteiger partial charge in [0.05, 0.1) is 12.8 Å². The maximum absolute atomic E-state index is 12.3. The van der Waals surface area contributed by atoms with Crippen LogP contribution in [0.25, 0.3) is 27.9 Å². The third-order valence-corrected chi connectivity index (χ3v) is 5.73. The van der Waals surface area contributed by atoms with Crippen LogP contribution < -0.4 is 26.4 Å². The van der Waals surface area contributed by atoms with Gasteiger partial charge >= 0.3 is 6.03 Å². The molecule has 1 aliphatic carbocycles. The monoisotopic (exact) mass is 484 g/mol. The van der Waals surface area contributed by atoms with Crippen LogP contribution in [0.3, 0.4) is 0 Å². The Bertz CT molecular complexity index is 1470. The van der Waals surface area contributed by atoms with Gasteiger partial charge in [0.15, 0.2) is 5.82 Å². The van der Waals surface area contributed by atoms with Crippen molar-refractivity contribution in [3.63, 3.8) is 0 Å². The van der Waals surface area contributed by atoms with E-state index in [1.54, 1.807) is 24.3 Å². The molecule has 36 heavy (non-hydrogen) atoms. The van der Waals surface area contributed by atoms with Gasteiger partial charge in [0, 0.05) is 22.9 Å². The summed E-state index contributed by atoms with van der Waals surface area (Å²) in [7, 11) is 1.54. The van der Waals surface area contributed by atoms with Crippen LogP contribution in [0.4, 0.5) is 22.0 Å². The predicted octanol–water partition coefficient (Wildman–Crippen LogP) is 3.46. The Morgan fingerprint density at radius 1 is 1.14 bits per heavy atom. The number of carbonyl (C=O) groups is 2. The molecular weight excluding hydrogens is 460 g/mol. The molecule has 0 saturated heterocycles. The molecule has 1 saturated carbocycles. The molecule has 11 nitrogen and oxygen atoms in total. The van der Waals surface area contributed by atoms with E-state index in [2.05, 4.69) is 37.7 Å². The van der Waals surface area contributed by atoms with E-state index < -0.39 is 0 Å². The summed E-state index contributed by atoms with van der Waals surface area (Å²) < 4.78 is 7.01. The zero-order valence-corrected chi connectivity index (χ0v) is 19.5. The second-order valence-electron chi connectivity index (χ2n) is 8.27. The first kappa shape index (κ1) is 22.8. The zero-order valence-electron chi connectivity index (χ0n) is 19.5. The average Bonchev–Trinajstić information content (AvgIpc) is 3.60. The molecular formula is C25H24N8O3. The quantitative estimate of drug-likeness (QED) is 0.294. The highest BCUT2D eigenvalue weighted by Crippen LogP contribution is 2.40. The summed E-state index contributed by atoms with van der Waals surface area (Å²) in [6.45, 7) is 3.46.